The second kappa shape index (κ2) is 14.2. The molecule has 2 aromatic carbocycles. The van der Waals surface area contributed by atoms with Crippen LogP contribution in [-0.2, 0) is 9.53 Å². The maximum atomic E-state index is 11.3. The lowest BCUT2D eigenvalue weighted by Gasteiger charge is -2.36. The fraction of sp³-hybridized carbons (Fsp3) is 0.424. The number of anilines is 2. The number of rotatable bonds is 11. The van der Waals surface area contributed by atoms with Crippen LogP contribution in [0, 0.1) is 0 Å². The van der Waals surface area contributed by atoms with Crippen molar-refractivity contribution in [3.8, 4) is 0 Å². The molecule has 1 saturated heterocycles. The molecule has 1 heterocycles. The monoisotopic (exact) mass is 528 g/mol. The van der Waals surface area contributed by atoms with Crippen LogP contribution in [0.5, 0.6) is 0 Å². The largest absolute Gasteiger partial charge is 0.469 e. The SMILES string of the molecule is CNC1C=CC(=C(c2ccc(N(C)C)cc2)c2ccc(N3CCN(CCCCCC(=O)OC)CC3)cc2)C=C1. The molecule has 0 amide bonds. The number of benzene rings is 2. The molecule has 6 nitrogen and oxygen atoms in total. The van der Waals surface area contributed by atoms with Crippen LogP contribution >= 0.6 is 0 Å². The van der Waals surface area contributed by atoms with E-state index in [-0.39, 0.29) is 12.0 Å². The molecule has 4 rings (SSSR count). The predicted molar refractivity (Wildman–Crippen MR) is 163 cm³/mol. The highest BCUT2D eigenvalue weighted by molar-refractivity contribution is 5.86. The Hall–Kier alpha value is -3.35. The molecule has 0 aromatic heterocycles. The molecule has 208 valence electrons. The van der Waals surface area contributed by atoms with E-state index in [0.29, 0.717) is 6.42 Å². The Morgan fingerprint density at radius 1 is 0.897 bits per heavy atom. The first-order valence-corrected chi connectivity index (χ1v) is 14.2. The number of allylic oxidation sites excluding steroid dienone is 3. The Bertz CT molecular complexity index is 1140. The van der Waals surface area contributed by atoms with Crippen molar-refractivity contribution in [1.82, 2.24) is 10.2 Å². The molecule has 0 radical (unpaired) electrons. The molecule has 1 aliphatic carbocycles. The van der Waals surface area contributed by atoms with Gasteiger partial charge in [-0.05, 0) is 73.0 Å². The highest BCUT2D eigenvalue weighted by Gasteiger charge is 2.18. The fourth-order valence-corrected chi connectivity index (χ4v) is 5.27. The molecule has 0 saturated carbocycles. The van der Waals surface area contributed by atoms with Gasteiger partial charge in [0.15, 0.2) is 0 Å². The van der Waals surface area contributed by atoms with E-state index in [9.17, 15) is 4.79 Å². The van der Waals surface area contributed by atoms with Gasteiger partial charge in [-0.2, -0.15) is 0 Å². The van der Waals surface area contributed by atoms with Crippen molar-refractivity contribution >= 4 is 22.9 Å². The summed E-state index contributed by atoms with van der Waals surface area (Å²) in [6.07, 6.45) is 12.6. The van der Waals surface area contributed by atoms with Crippen LogP contribution < -0.4 is 15.1 Å². The van der Waals surface area contributed by atoms with Crippen LogP contribution in [0.25, 0.3) is 5.57 Å². The zero-order chi connectivity index (χ0) is 27.6. The van der Waals surface area contributed by atoms with E-state index in [1.165, 1.54) is 40.8 Å². The zero-order valence-corrected chi connectivity index (χ0v) is 24.0. The second-order valence-electron chi connectivity index (χ2n) is 10.6. The number of piperazine rings is 1. The number of carbonyl (C=O) groups excluding carboxylic acids is 1. The lowest BCUT2D eigenvalue weighted by molar-refractivity contribution is -0.140. The molecule has 0 spiro atoms. The summed E-state index contributed by atoms with van der Waals surface area (Å²) in [6.45, 7) is 5.34. The number of nitrogens with one attached hydrogen (secondary N) is 1. The minimum absolute atomic E-state index is 0.103. The van der Waals surface area contributed by atoms with Gasteiger partial charge in [-0.25, -0.2) is 0 Å². The Morgan fingerprint density at radius 2 is 1.51 bits per heavy atom. The number of likely N-dealkylation sites (N-methyl/N-ethyl adjacent to an activating group) is 1. The van der Waals surface area contributed by atoms with Gasteiger partial charge in [-0.1, -0.05) is 55.0 Å². The third-order valence-electron chi connectivity index (χ3n) is 7.74. The first kappa shape index (κ1) is 28.7. The van der Waals surface area contributed by atoms with E-state index in [1.54, 1.807) is 0 Å². The lowest BCUT2D eigenvalue weighted by Crippen LogP contribution is -2.46. The summed E-state index contributed by atoms with van der Waals surface area (Å²) in [5, 5.41) is 3.31. The van der Waals surface area contributed by atoms with Gasteiger partial charge in [-0.15, -0.1) is 0 Å². The number of nitrogens with zero attached hydrogens (tertiary/aromatic N) is 3. The molecule has 1 fully saturated rings. The molecule has 0 bridgehead atoms. The standard InChI is InChI=1S/C33H44N4O2/c1-34-29-15-9-26(10-16-29)33(27-11-17-30(18-12-27)35(2)3)28-13-19-31(20-14-28)37-24-22-36(23-25-37)21-7-5-6-8-32(38)39-4/h9-20,29,34H,5-8,21-25H2,1-4H3. The number of unbranched alkanes of at least 4 members (excludes halogenated alkanes) is 2. The zero-order valence-electron chi connectivity index (χ0n) is 24.0. The van der Waals surface area contributed by atoms with E-state index >= 15 is 0 Å². The first-order valence-electron chi connectivity index (χ1n) is 14.2. The van der Waals surface area contributed by atoms with E-state index in [4.69, 9.17) is 4.74 Å². The summed E-state index contributed by atoms with van der Waals surface area (Å²) < 4.78 is 4.73. The summed E-state index contributed by atoms with van der Waals surface area (Å²) >= 11 is 0. The fourth-order valence-electron chi connectivity index (χ4n) is 5.27. The number of methoxy groups -OCH3 is 1. The quantitative estimate of drug-likeness (QED) is 0.323. The van der Waals surface area contributed by atoms with Crippen LogP contribution in [-0.4, -0.2) is 77.9 Å². The van der Waals surface area contributed by atoms with E-state index in [1.807, 2.05) is 7.05 Å². The van der Waals surface area contributed by atoms with Gasteiger partial charge in [0, 0.05) is 64.1 Å². The number of hydrogen-bond acceptors (Lipinski definition) is 6. The van der Waals surface area contributed by atoms with Gasteiger partial charge in [0.2, 0.25) is 0 Å². The Morgan fingerprint density at radius 3 is 2.08 bits per heavy atom. The molecule has 0 unspecified atom stereocenters. The third kappa shape index (κ3) is 7.84. The van der Waals surface area contributed by atoms with Crippen LogP contribution in [0.2, 0.25) is 0 Å². The van der Waals surface area contributed by atoms with Gasteiger partial charge >= 0.3 is 5.97 Å². The average Bonchev–Trinajstić information content (AvgIpc) is 2.98. The van der Waals surface area contributed by atoms with Crippen LogP contribution in [0.3, 0.4) is 0 Å². The number of ether oxygens (including phenoxy) is 1. The highest BCUT2D eigenvalue weighted by atomic mass is 16.5. The number of esters is 1. The minimum atomic E-state index is -0.103. The normalized spacial score (nSPS) is 17.4. The Balaban J connectivity index is 1.41. The van der Waals surface area contributed by atoms with Crippen molar-refractivity contribution in [3.05, 3.63) is 89.5 Å². The van der Waals surface area contributed by atoms with E-state index in [2.05, 4.69) is 107 Å². The summed E-state index contributed by atoms with van der Waals surface area (Å²) in [4.78, 5) is 18.4. The maximum absolute atomic E-state index is 11.3. The summed E-state index contributed by atoms with van der Waals surface area (Å²) in [5.41, 5.74) is 7.42. The molecule has 6 heteroatoms. The molecule has 1 aliphatic heterocycles. The highest BCUT2D eigenvalue weighted by Crippen LogP contribution is 2.32. The van der Waals surface area contributed by atoms with Crippen LogP contribution in [0.1, 0.15) is 36.8 Å². The maximum Gasteiger partial charge on any atom is 0.305 e. The summed E-state index contributed by atoms with van der Waals surface area (Å²) in [7, 11) is 7.59. The average molecular weight is 529 g/mol. The van der Waals surface area contributed by atoms with Crippen molar-refractivity contribution in [3.63, 3.8) is 0 Å². The predicted octanol–water partition coefficient (Wildman–Crippen LogP) is 5.12. The molecule has 0 atom stereocenters. The van der Waals surface area contributed by atoms with Gasteiger partial charge in [0.25, 0.3) is 0 Å². The van der Waals surface area contributed by atoms with E-state index in [0.717, 1.165) is 52.0 Å². The van der Waals surface area contributed by atoms with Crippen LogP contribution in [0.15, 0.2) is 78.4 Å². The molecule has 39 heavy (non-hydrogen) atoms. The Labute approximate surface area is 234 Å². The van der Waals surface area contributed by atoms with Gasteiger partial charge in [0.1, 0.15) is 0 Å². The van der Waals surface area contributed by atoms with Crippen molar-refractivity contribution in [1.29, 1.82) is 0 Å². The third-order valence-corrected chi connectivity index (χ3v) is 7.74. The smallest absolute Gasteiger partial charge is 0.305 e. The first-order chi connectivity index (χ1) is 19.0. The van der Waals surface area contributed by atoms with Crippen molar-refractivity contribution in [2.24, 2.45) is 0 Å². The molecular formula is C33H44N4O2. The molecule has 2 aliphatic rings. The van der Waals surface area contributed by atoms with Crippen LogP contribution in [0.4, 0.5) is 11.4 Å². The molecule has 1 N–H and O–H groups in total. The number of hydrogen-bond donors (Lipinski definition) is 1. The topological polar surface area (TPSA) is 48.0 Å². The van der Waals surface area contributed by atoms with Crippen molar-refractivity contribution < 1.29 is 9.53 Å². The second-order valence-corrected chi connectivity index (χ2v) is 10.6. The summed E-state index contributed by atoms with van der Waals surface area (Å²) in [6, 6.07) is 18.2. The van der Waals surface area contributed by atoms with Crippen molar-refractivity contribution in [2.75, 3.05) is 70.8 Å². The Kier molecular flexibility index (Phi) is 10.4. The summed E-state index contributed by atoms with van der Waals surface area (Å²) in [5.74, 6) is -0.103. The molecular weight excluding hydrogens is 484 g/mol. The van der Waals surface area contributed by atoms with E-state index < -0.39 is 0 Å². The number of carbonyl (C=O) groups is 1. The molecule has 2 aromatic rings. The minimum Gasteiger partial charge on any atom is -0.469 e. The van der Waals surface area contributed by atoms with Gasteiger partial charge < -0.3 is 19.9 Å². The lowest BCUT2D eigenvalue weighted by atomic mass is 9.90. The van der Waals surface area contributed by atoms with Gasteiger partial charge in [-0.3, -0.25) is 9.69 Å². The van der Waals surface area contributed by atoms with Gasteiger partial charge in [0.05, 0.1) is 7.11 Å². The van der Waals surface area contributed by atoms with Crippen molar-refractivity contribution in [2.45, 2.75) is 31.7 Å².